The summed E-state index contributed by atoms with van der Waals surface area (Å²) in [4.78, 5) is 62.0. The van der Waals surface area contributed by atoms with Crippen molar-refractivity contribution in [1.82, 2.24) is 0 Å². The van der Waals surface area contributed by atoms with Gasteiger partial charge in [0.2, 0.25) is 24.6 Å². The Morgan fingerprint density at radius 1 is 0.830 bits per heavy atom. The van der Waals surface area contributed by atoms with E-state index in [1.165, 1.54) is 13.0 Å². The molecule has 2 aliphatic heterocycles. The predicted molar refractivity (Wildman–Crippen MR) is 161 cm³/mol. The third-order valence-corrected chi connectivity index (χ3v) is 7.48. The van der Waals surface area contributed by atoms with Crippen LogP contribution in [-0.2, 0) is 49.3 Å². The van der Waals surface area contributed by atoms with Gasteiger partial charge in [-0.05, 0) is 42.7 Å². The van der Waals surface area contributed by atoms with Crippen molar-refractivity contribution in [3.05, 3.63) is 51.9 Å². The van der Waals surface area contributed by atoms with E-state index in [1.807, 2.05) is 6.92 Å². The van der Waals surface area contributed by atoms with Gasteiger partial charge in [0, 0.05) is 33.8 Å². The minimum atomic E-state index is -1.46. The van der Waals surface area contributed by atoms with Crippen molar-refractivity contribution < 1.29 is 61.5 Å². The van der Waals surface area contributed by atoms with E-state index in [1.54, 1.807) is 31.2 Å². The molecule has 1 fully saturated rings. The number of esters is 4. The number of fused-ring (bicyclic) bond motifs is 2. The van der Waals surface area contributed by atoms with Gasteiger partial charge in [-0.2, -0.15) is 0 Å². The summed E-state index contributed by atoms with van der Waals surface area (Å²) in [5.74, 6) is -1.30. The first-order chi connectivity index (χ1) is 22.4. The second-order valence-electron chi connectivity index (χ2n) is 10.9. The topological polar surface area (TPSA) is 172 Å². The molecule has 5 rings (SSSR count). The van der Waals surface area contributed by atoms with Crippen molar-refractivity contribution in [2.75, 3.05) is 13.4 Å². The van der Waals surface area contributed by atoms with Gasteiger partial charge in [-0.1, -0.05) is 13.0 Å². The number of carbonyl (C=O) groups excluding carboxylic acids is 4. The standard InChI is InChI=1S/C33H34O14/c1-7-20-10-22-25(42-15(2)28(29(22)38)21-8-9-23-26(11-21)41-14-40-23)12-24(20)46-33-32(45-19(6)37)31(44-18(5)36)30(43-17(4)35)27(47-33)13-39-16(3)34/h8-12,27,30-33H,7,13-14H2,1-6H3/t27-,30+,31+,32-,33-/m1/s1. The van der Waals surface area contributed by atoms with Crippen LogP contribution < -0.4 is 19.6 Å². The summed E-state index contributed by atoms with van der Waals surface area (Å²) in [5, 5.41) is 0.286. The van der Waals surface area contributed by atoms with E-state index in [9.17, 15) is 24.0 Å². The zero-order valence-corrected chi connectivity index (χ0v) is 26.6. The molecule has 2 aromatic carbocycles. The Labute approximate surface area is 268 Å². The van der Waals surface area contributed by atoms with E-state index in [-0.39, 0.29) is 28.9 Å². The largest absolute Gasteiger partial charge is 0.463 e. The molecule has 1 saturated heterocycles. The highest BCUT2D eigenvalue weighted by Gasteiger charge is 2.53. The molecule has 0 aliphatic carbocycles. The Kier molecular flexibility index (Phi) is 9.70. The van der Waals surface area contributed by atoms with E-state index < -0.39 is 61.2 Å². The average molecular weight is 655 g/mol. The normalized spacial score (nSPS) is 21.5. The number of carbonyl (C=O) groups is 4. The summed E-state index contributed by atoms with van der Waals surface area (Å²) in [6.45, 7) is 7.76. The average Bonchev–Trinajstić information content (AvgIpc) is 3.46. The second-order valence-corrected chi connectivity index (χ2v) is 10.9. The highest BCUT2D eigenvalue weighted by molar-refractivity contribution is 5.85. The van der Waals surface area contributed by atoms with Crippen molar-refractivity contribution >= 4 is 34.8 Å². The van der Waals surface area contributed by atoms with Crippen LogP contribution in [0.3, 0.4) is 0 Å². The van der Waals surface area contributed by atoms with Crippen LogP contribution in [0.4, 0.5) is 0 Å². The molecule has 2 aliphatic rings. The predicted octanol–water partition coefficient (Wildman–Crippen LogP) is 3.52. The molecule has 3 heterocycles. The Morgan fingerprint density at radius 3 is 2.15 bits per heavy atom. The summed E-state index contributed by atoms with van der Waals surface area (Å²) in [7, 11) is 0. The van der Waals surface area contributed by atoms with Crippen LogP contribution in [0.1, 0.15) is 45.9 Å². The molecule has 0 amide bonds. The van der Waals surface area contributed by atoms with Crippen LogP contribution in [0.25, 0.3) is 22.1 Å². The number of rotatable bonds is 9. The van der Waals surface area contributed by atoms with Crippen LogP contribution in [0.5, 0.6) is 17.2 Å². The Hall–Kier alpha value is -5.11. The van der Waals surface area contributed by atoms with E-state index in [0.29, 0.717) is 40.4 Å². The van der Waals surface area contributed by atoms with Crippen molar-refractivity contribution in [3.8, 4) is 28.4 Å². The lowest BCUT2D eigenvalue weighted by molar-refractivity contribution is -0.288. The Morgan fingerprint density at radius 2 is 1.49 bits per heavy atom. The molecular formula is C33H34O14. The maximum absolute atomic E-state index is 13.8. The quantitative estimate of drug-likeness (QED) is 0.242. The molecule has 0 spiro atoms. The molecule has 0 radical (unpaired) electrons. The molecule has 3 aromatic rings. The monoisotopic (exact) mass is 654 g/mol. The first kappa shape index (κ1) is 33.3. The summed E-state index contributed by atoms with van der Waals surface area (Å²) in [6, 6.07) is 8.35. The minimum absolute atomic E-state index is 0.0896. The zero-order chi connectivity index (χ0) is 34.0. The minimum Gasteiger partial charge on any atom is -0.463 e. The number of hydrogen-bond donors (Lipinski definition) is 0. The molecule has 0 unspecified atom stereocenters. The molecular weight excluding hydrogens is 620 g/mol. The number of aryl methyl sites for hydroxylation is 2. The maximum Gasteiger partial charge on any atom is 0.303 e. The van der Waals surface area contributed by atoms with E-state index in [4.69, 9.17) is 42.3 Å². The number of benzene rings is 2. The zero-order valence-electron chi connectivity index (χ0n) is 26.6. The van der Waals surface area contributed by atoms with E-state index >= 15 is 0 Å². The Bertz CT molecular complexity index is 1780. The van der Waals surface area contributed by atoms with Gasteiger partial charge in [0.1, 0.15) is 29.8 Å². The van der Waals surface area contributed by atoms with Crippen LogP contribution in [0.2, 0.25) is 0 Å². The summed E-state index contributed by atoms with van der Waals surface area (Å²) in [5.41, 5.74) is 1.44. The van der Waals surface area contributed by atoms with Gasteiger partial charge in [0.25, 0.3) is 0 Å². The van der Waals surface area contributed by atoms with Gasteiger partial charge < -0.3 is 42.3 Å². The molecule has 0 N–H and O–H groups in total. The van der Waals surface area contributed by atoms with Crippen LogP contribution in [-0.4, -0.2) is 68.0 Å². The summed E-state index contributed by atoms with van der Waals surface area (Å²) < 4.78 is 50.9. The number of hydrogen-bond acceptors (Lipinski definition) is 14. The highest BCUT2D eigenvalue weighted by Crippen LogP contribution is 2.38. The second kappa shape index (κ2) is 13.7. The third kappa shape index (κ3) is 7.17. The molecule has 1 aromatic heterocycles. The fraction of sp³-hybridized carbons (Fsp3) is 0.424. The SMILES string of the molecule is CCc1cc2c(=O)c(-c3ccc4c(c3)OCO4)c(C)oc2cc1O[C@@H]1O[C@H](COC(C)=O)[C@H](OC(C)=O)[C@H](OC(C)=O)[C@H]1OC(C)=O. The lowest BCUT2D eigenvalue weighted by Gasteiger charge is -2.44. The molecule has 47 heavy (non-hydrogen) atoms. The fourth-order valence-corrected chi connectivity index (χ4v) is 5.56. The summed E-state index contributed by atoms with van der Waals surface area (Å²) >= 11 is 0. The first-order valence-electron chi connectivity index (χ1n) is 14.8. The lowest BCUT2D eigenvalue weighted by Crippen LogP contribution is -2.63. The highest BCUT2D eigenvalue weighted by atomic mass is 16.7. The van der Waals surface area contributed by atoms with Gasteiger partial charge >= 0.3 is 23.9 Å². The first-order valence-corrected chi connectivity index (χ1v) is 14.8. The van der Waals surface area contributed by atoms with Crippen molar-refractivity contribution in [1.29, 1.82) is 0 Å². The van der Waals surface area contributed by atoms with Crippen molar-refractivity contribution in [2.45, 2.75) is 78.7 Å². The molecule has 14 nitrogen and oxygen atoms in total. The van der Waals surface area contributed by atoms with Gasteiger partial charge in [0.15, 0.2) is 23.7 Å². The molecule has 0 bridgehead atoms. The number of ether oxygens (including phenoxy) is 8. The van der Waals surface area contributed by atoms with Crippen LogP contribution >= 0.6 is 0 Å². The summed E-state index contributed by atoms with van der Waals surface area (Å²) in [6.07, 6.45) is -6.44. The maximum atomic E-state index is 13.8. The third-order valence-electron chi connectivity index (χ3n) is 7.48. The van der Waals surface area contributed by atoms with Gasteiger partial charge in [-0.25, -0.2) is 0 Å². The van der Waals surface area contributed by atoms with Crippen LogP contribution in [0.15, 0.2) is 39.5 Å². The van der Waals surface area contributed by atoms with Gasteiger partial charge in [0.05, 0.1) is 10.9 Å². The van der Waals surface area contributed by atoms with Gasteiger partial charge in [-0.15, -0.1) is 0 Å². The molecule has 5 atom stereocenters. The van der Waals surface area contributed by atoms with E-state index in [2.05, 4.69) is 0 Å². The smallest absolute Gasteiger partial charge is 0.303 e. The molecule has 14 heteroatoms. The van der Waals surface area contributed by atoms with E-state index in [0.717, 1.165) is 20.8 Å². The van der Waals surface area contributed by atoms with Crippen LogP contribution in [0, 0.1) is 6.92 Å². The molecule has 250 valence electrons. The van der Waals surface area contributed by atoms with Crippen molar-refractivity contribution in [2.24, 2.45) is 0 Å². The molecule has 0 saturated carbocycles. The lowest BCUT2D eigenvalue weighted by atomic mass is 9.97. The van der Waals surface area contributed by atoms with Crippen molar-refractivity contribution in [3.63, 3.8) is 0 Å². The van der Waals surface area contributed by atoms with Gasteiger partial charge in [-0.3, -0.25) is 24.0 Å². The Balaban J connectivity index is 1.56. The fourth-order valence-electron chi connectivity index (χ4n) is 5.56.